The van der Waals surface area contributed by atoms with Crippen molar-refractivity contribution < 1.29 is 0 Å². The molecular weight excluding hydrogens is 336 g/mol. The summed E-state index contributed by atoms with van der Waals surface area (Å²) in [5.74, 6) is 1.31. The molecule has 1 N–H and O–H groups in total. The van der Waals surface area contributed by atoms with Crippen LogP contribution in [0.3, 0.4) is 0 Å². The van der Waals surface area contributed by atoms with E-state index < -0.39 is 0 Å². The van der Waals surface area contributed by atoms with Crippen LogP contribution in [0.2, 0.25) is 0 Å². The Morgan fingerprint density at radius 3 is 2.78 bits per heavy atom. The van der Waals surface area contributed by atoms with Gasteiger partial charge >= 0.3 is 0 Å². The molecule has 0 saturated carbocycles. The highest BCUT2D eigenvalue weighted by Gasteiger charge is 2.18. The minimum atomic E-state index is 0.476. The molecule has 0 atom stereocenters. The molecule has 2 aromatic carbocycles. The van der Waals surface area contributed by atoms with Crippen molar-refractivity contribution in [3.05, 3.63) is 78.1 Å². The summed E-state index contributed by atoms with van der Waals surface area (Å²) in [5, 5.41) is 12.6. The molecule has 132 valence electrons. The first-order valence-electron chi connectivity index (χ1n) is 8.99. The van der Waals surface area contributed by atoms with E-state index in [9.17, 15) is 0 Å². The molecule has 0 spiro atoms. The predicted molar refractivity (Wildman–Crippen MR) is 106 cm³/mol. The zero-order valence-electron chi connectivity index (χ0n) is 14.7. The fraction of sp³-hybridized carbons (Fsp3) is 0.143. The average molecular weight is 354 g/mol. The number of hydrogen-bond donors (Lipinski definition) is 1. The number of benzene rings is 2. The minimum Gasteiger partial charge on any atom is -0.350 e. The van der Waals surface area contributed by atoms with Gasteiger partial charge in [-0.3, -0.25) is 4.98 Å². The van der Waals surface area contributed by atoms with Crippen LogP contribution < -0.4 is 10.2 Å². The second-order valence-electron chi connectivity index (χ2n) is 6.58. The van der Waals surface area contributed by atoms with Gasteiger partial charge in [-0.1, -0.05) is 42.5 Å². The summed E-state index contributed by atoms with van der Waals surface area (Å²) >= 11 is 0. The van der Waals surface area contributed by atoms with Crippen molar-refractivity contribution in [2.45, 2.75) is 13.0 Å². The molecule has 2 aromatic heterocycles. The van der Waals surface area contributed by atoms with E-state index in [1.165, 1.54) is 11.1 Å². The number of anilines is 3. The summed E-state index contributed by atoms with van der Waals surface area (Å²) in [6.45, 7) is 1.76. The Morgan fingerprint density at radius 2 is 1.81 bits per heavy atom. The maximum absolute atomic E-state index is 4.68. The molecule has 0 amide bonds. The molecular formula is C21H18N6. The molecule has 1 aliphatic rings. The van der Waals surface area contributed by atoms with Gasteiger partial charge in [0.15, 0.2) is 5.82 Å². The molecule has 27 heavy (non-hydrogen) atoms. The van der Waals surface area contributed by atoms with Crippen molar-refractivity contribution in [2.24, 2.45) is 0 Å². The lowest BCUT2D eigenvalue weighted by Crippen LogP contribution is -2.31. The second kappa shape index (κ2) is 6.64. The van der Waals surface area contributed by atoms with Crippen LogP contribution in [0, 0.1) is 0 Å². The molecule has 6 nitrogen and oxygen atoms in total. The number of pyridine rings is 1. The smallest absolute Gasteiger partial charge is 0.249 e. The van der Waals surface area contributed by atoms with Gasteiger partial charge in [0, 0.05) is 24.7 Å². The Morgan fingerprint density at radius 1 is 0.926 bits per heavy atom. The number of nitrogens with one attached hydrogen (secondary N) is 1. The van der Waals surface area contributed by atoms with E-state index in [0.29, 0.717) is 5.95 Å². The third kappa shape index (κ3) is 3.06. The quantitative estimate of drug-likeness (QED) is 0.605. The van der Waals surface area contributed by atoms with E-state index in [1.807, 2.05) is 30.3 Å². The number of para-hydroxylation sites is 1. The van der Waals surface area contributed by atoms with Crippen LogP contribution in [-0.2, 0) is 13.0 Å². The lowest BCUT2D eigenvalue weighted by molar-refractivity contribution is 0.715. The van der Waals surface area contributed by atoms with E-state index in [1.54, 1.807) is 12.4 Å². The van der Waals surface area contributed by atoms with Crippen LogP contribution in [0.15, 0.2) is 67.0 Å². The van der Waals surface area contributed by atoms with Crippen LogP contribution in [0.5, 0.6) is 0 Å². The summed E-state index contributed by atoms with van der Waals surface area (Å²) in [6.07, 6.45) is 4.52. The molecule has 0 radical (unpaired) electrons. The predicted octanol–water partition coefficient (Wildman–Crippen LogP) is 3.73. The molecule has 1 aliphatic heterocycles. The minimum absolute atomic E-state index is 0.476. The van der Waals surface area contributed by atoms with Crippen LogP contribution in [0.4, 0.5) is 17.5 Å². The van der Waals surface area contributed by atoms with Crippen molar-refractivity contribution in [1.29, 1.82) is 0 Å². The normalized spacial score (nSPS) is 13.4. The first-order valence-corrected chi connectivity index (χ1v) is 8.99. The molecule has 3 heterocycles. The van der Waals surface area contributed by atoms with Crippen molar-refractivity contribution in [1.82, 2.24) is 20.2 Å². The summed E-state index contributed by atoms with van der Waals surface area (Å²) in [5.41, 5.74) is 4.52. The molecule has 0 unspecified atom stereocenters. The highest BCUT2D eigenvalue weighted by atomic mass is 15.3. The highest BCUT2D eigenvalue weighted by Crippen LogP contribution is 2.25. The molecule has 0 bridgehead atoms. The van der Waals surface area contributed by atoms with Gasteiger partial charge in [0.2, 0.25) is 5.95 Å². The van der Waals surface area contributed by atoms with Gasteiger partial charge in [0.1, 0.15) is 0 Å². The van der Waals surface area contributed by atoms with E-state index >= 15 is 0 Å². The molecule has 4 aromatic rings. The van der Waals surface area contributed by atoms with E-state index in [2.05, 4.69) is 54.6 Å². The number of aromatic nitrogens is 4. The largest absolute Gasteiger partial charge is 0.350 e. The lowest BCUT2D eigenvalue weighted by atomic mass is 10.0. The Bertz CT molecular complexity index is 1110. The van der Waals surface area contributed by atoms with E-state index in [0.717, 1.165) is 41.9 Å². The highest BCUT2D eigenvalue weighted by molar-refractivity contribution is 5.91. The zero-order chi connectivity index (χ0) is 18.1. The maximum atomic E-state index is 4.68. The molecule has 0 aliphatic carbocycles. The number of hydrogen-bond acceptors (Lipinski definition) is 6. The molecule has 0 saturated heterocycles. The Hall–Kier alpha value is -3.54. The fourth-order valence-corrected chi connectivity index (χ4v) is 3.52. The van der Waals surface area contributed by atoms with Gasteiger partial charge in [-0.05, 0) is 29.7 Å². The van der Waals surface area contributed by atoms with E-state index in [4.69, 9.17) is 0 Å². The zero-order valence-corrected chi connectivity index (χ0v) is 14.7. The fourth-order valence-electron chi connectivity index (χ4n) is 3.52. The van der Waals surface area contributed by atoms with Crippen LogP contribution in [0.25, 0.3) is 10.9 Å². The van der Waals surface area contributed by atoms with Crippen LogP contribution in [-0.4, -0.2) is 26.7 Å². The third-order valence-corrected chi connectivity index (χ3v) is 4.88. The second-order valence-corrected chi connectivity index (χ2v) is 6.58. The van der Waals surface area contributed by atoms with Gasteiger partial charge in [-0.25, -0.2) is 0 Å². The Labute approximate surface area is 156 Å². The van der Waals surface area contributed by atoms with Crippen molar-refractivity contribution in [3.8, 4) is 0 Å². The van der Waals surface area contributed by atoms with E-state index in [-0.39, 0.29) is 0 Å². The Kier molecular flexibility index (Phi) is 3.86. The number of rotatable bonds is 3. The van der Waals surface area contributed by atoms with Gasteiger partial charge in [-0.15, -0.1) is 5.10 Å². The lowest BCUT2D eigenvalue weighted by Gasteiger charge is -2.29. The van der Waals surface area contributed by atoms with Crippen molar-refractivity contribution >= 4 is 28.4 Å². The maximum Gasteiger partial charge on any atom is 0.249 e. The number of fused-ring (bicyclic) bond motifs is 2. The summed E-state index contributed by atoms with van der Waals surface area (Å²) in [4.78, 5) is 11.4. The Balaban J connectivity index is 1.43. The average Bonchev–Trinajstić information content (AvgIpc) is 2.74. The van der Waals surface area contributed by atoms with Crippen LogP contribution in [0.1, 0.15) is 11.1 Å². The standard InChI is InChI=1S/C21H18N6/c1-2-6-17-14-27(12-10-15(17)5-1)19-13-23-26-21(25-19)24-18-9-3-7-16-8-4-11-22-20(16)18/h1-9,11,13H,10,12,14H2,(H,24,25,26). The van der Waals surface area contributed by atoms with Crippen molar-refractivity contribution in [3.63, 3.8) is 0 Å². The summed E-state index contributed by atoms with van der Waals surface area (Å²) in [7, 11) is 0. The van der Waals surface area contributed by atoms with Gasteiger partial charge in [0.25, 0.3) is 0 Å². The monoisotopic (exact) mass is 354 g/mol. The van der Waals surface area contributed by atoms with Gasteiger partial charge in [-0.2, -0.15) is 10.1 Å². The molecule has 0 fully saturated rings. The molecule has 6 heteroatoms. The number of nitrogens with zero attached hydrogens (tertiary/aromatic N) is 5. The van der Waals surface area contributed by atoms with Crippen molar-refractivity contribution in [2.75, 3.05) is 16.8 Å². The summed E-state index contributed by atoms with van der Waals surface area (Å²) in [6, 6.07) is 18.5. The topological polar surface area (TPSA) is 66.8 Å². The SMILES string of the molecule is c1ccc2c(c1)CCN(c1cnnc(Nc3cccc4cccnc34)n1)C2. The van der Waals surface area contributed by atoms with Gasteiger partial charge < -0.3 is 10.2 Å². The van der Waals surface area contributed by atoms with Crippen LogP contribution >= 0.6 is 0 Å². The van der Waals surface area contributed by atoms with Gasteiger partial charge in [0.05, 0.1) is 17.4 Å². The first kappa shape index (κ1) is 15.7. The third-order valence-electron chi connectivity index (χ3n) is 4.88. The first-order chi connectivity index (χ1) is 13.4. The summed E-state index contributed by atoms with van der Waals surface area (Å²) < 4.78 is 0. The molecule has 5 rings (SSSR count).